The molecule has 2 nitrogen and oxygen atoms in total. The highest BCUT2D eigenvalue weighted by Crippen LogP contribution is 2.28. The quantitative estimate of drug-likeness (QED) is 0.853. The molecular formula is C15H18ClNOS. The summed E-state index contributed by atoms with van der Waals surface area (Å²) in [6.07, 6.45) is 0. The SMILES string of the molecule is COc1ccc([C@@H](C)NC(C)c2ccc(Cl)s2)cc1. The number of ether oxygens (including phenoxy) is 1. The Hall–Kier alpha value is -1.03. The van der Waals surface area contributed by atoms with Gasteiger partial charge >= 0.3 is 0 Å². The minimum Gasteiger partial charge on any atom is -0.497 e. The topological polar surface area (TPSA) is 21.3 Å². The maximum Gasteiger partial charge on any atom is 0.118 e. The van der Waals surface area contributed by atoms with Gasteiger partial charge in [-0.3, -0.25) is 0 Å². The van der Waals surface area contributed by atoms with Crippen molar-refractivity contribution in [2.24, 2.45) is 0 Å². The number of hydrogen-bond donors (Lipinski definition) is 1. The molecule has 0 amide bonds. The fraction of sp³-hybridized carbons (Fsp3) is 0.333. The second-order valence-electron chi connectivity index (χ2n) is 4.53. The number of benzene rings is 1. The van der Waals surface area contributed by atoms with Crippen LogP contribution in [0.3, 0.4) is 0 Å². The normalized spacial score (nSPS) is 14.1. The average molecular weight is 296 g/mol. The van der Waals surface area contributed by atoms with Gasteiger partial charge in [0.05, 0.1) is 11.4 Å². The molecule has 0 saturated carbocycles. The van der Waals surface area contributed by atoms with E-state index in [4.69, 9.17) is 16.3 Å². The molecule has 2 rings (SSSR count). The molecule has 0 radical (unpaired) electrons. The van der Waals surface area contributed by atoms with Crippen LogP contribution in [0.1, 0.15) is 36.4 Å². The first-order chi connectivity index (χ1) is 9.10. The molecule has 1 aromatic carbocycles. The number of thiophene rings is 1. The van der Waals surface area contributed by atoms with E-state index in [1.165, 1.54) is 10.4 Å². The Kier molecular flexibility index (Phi) is 4.86. The van der Waals surface area contributed by atoms with E-state index in [0.717, 1.165) is 10.1 Å². The zero-order valence-electron chi connectivity index (χ0n) is 11.3. The van der Waals surface area contributed by atoms with E-state index in [9.17, 15) is 0 Å². The van der Waals surface area contributed by atoms with Gasteiger partial charge in [-0.25, -0.2) is 0 Å². The molecule has 2 aromatic rings. The highest BCUT2D eigenvalue weighted by atomic mass is 35.5. The van der Waals surface area contributed by atoms with Crippen molar-refractivity contribution in [1.29, 1.82) is 0 Å². The fourth-order valence-corrected chi connectivity index (χ4v) is 3.08. The predicted molar refractivity (Wildman–Crippen MR) is 82.3 cm³/mol. The second kappa shape index (κ2) is 6.42. The van der Waals surface area contributed by atoms with Crippen LogP contribution < -0.4 is 10.1 Å². The Morgan fingerprint density at radius 3 is 2.26 bits per heavy atom. The van der Waals surface area contributed by atoms with Crippen molar-refractivity contribution in [1.82, 2.24) is 5.32 Å². The van der Waals surface area contributed by atoms with Gasteiger partial charge in [0, 0.05) is 17.0 Å². The van der Waals surface area contributed by atoms with Crippen molar-refractivity contribution in [3.05, 3.63) is 51.2 Å². The predicted octanol–water partition coefficient (Wildman–Crippen LogP) is 4.82. The summed E-state index contributed by atoms with van der Waals surface area (Å²) in [6, 6.07) is 12.7. The van der Waals surface area contributed by atoms with Crippen molar-refractivity contribution in [3.8, 4) is 5.75 Å². The molecule has 4 heteroatoms. The standard InChI is InChI=1S/C15H18ClNOS/c1-10(12-4-6-13(18-3)7-5-12)17-11(2)14-8-9-15(16)19-14/h4-11,17H,1-3H3/t10-,11?/m1/s1. The first-order valence-corrected chi connectivity index (χ1v) is 7.45. The van der Waals surface area contributed by atoms with Crippen LogP contribution in [0.25, 0.3) is 0 Å². The van der Waals surface area contributed by atoms with Crippen LogP contribution in [0, 0.1) is 0 Å². The molecule has 2 atom stereocenters. The Morgan fingerprint density at radius 1 is 1.05 bits per heavy atom. The van der Waals surface area contributed by atoms with E-state index < -0.39 is 0 Å². The number of hydrogen-bond acceptors (Lipinski definition) is 3. The summed E-state index contributed by atoms with van der Waals surface area (Å²) in [4.78, 5) is 1.25. The summed E-state index contributed by atoms with van der Waals surface area (Å²) < 4.78 is 6.00. The first-order valence-electron chi connectivity index (χ1n) is 6.25. The van der Waals surface area contributed by atoms with Gasteiger partial charge in [0.1, 0.15) is 5.75 Å². The molecule has 102 valence electrons. The minimum absolute atomic E-state index is 0.279. The average Bonchev–Trinajstić information content (AvgIpc) is 2.85. The van der Waals surface area contributed by atoms with Gasteiger partial charge in [-0.05, 0) is 43.7 Å². The van der Waals surface area contributed by atoms with Crippen LogP contribution >= 0.6 is 22.9 Å². The molecule has 1 unspecified atom stereocenters. The molecule has 0 spiro atoms. The van der Waals surface area contributed by atoms with Gasteiger partial charge in [-0.2, -0.15) is 0 Å². The third-order valence-electron chi connectivity index (χ3n) is 3.14. The van der Waals surface area contributed by atoms with Crippen molar-refractivity contribution >= 4 is 22.9 Å². The molecular weight excluding hydrogens is 278 g/mol. The molecule has 0 saturated heterocycles. The maximum atomic E-state index is 5.97. The molecule has 1 aromatic heterocycles. The summed E-state index contributed by atoms with van der Waals surface area (Å²) >= 11 is 7.59. The van der Waals surface area contributed by atoms with Crippen LogP contribution in [-0.2, 0) is 0 Å². The largest absolute Gasteiger partial charge is 0.497 e. The minimum atomic E-state index is 0.279. The summed E-state index contributed by atoms with van der Waals surface area (Å²) in [5, 5.41) is 3.57. The Bertz CT molecular complexity index is 523. The van der Waals surface area contributed by atoms with Crippen LogP contribution in [0.4, 0.5) is 0 Å². The fourth-order valence-electron chi connectivity index (χ4n) is 2.01. The Balaban J connectivity index is 2.01. The van der Waals surface area contributed by atoms with Gasteiger partial charge < -0.3 is 10.1 Å². The third kappa shape index (κ3) is 3.72. The van der Waals surface area contributed by atoms with E-state index in [2.05, 4.69) is 37.4 Å². The maximum absolute atomic E-state index is 5.97. The van der Waals surface area contributed by atoms with Crippen LogP contribution in [-0.4, -0.2) is 7.11 Å². The zero-order valence-corrected chi connectivity index (χ0v) is 12.9. The summed E-state index contributed by atoms with van der Waals surface area (Å²) in [7, 11) is 1.68. The lowest BCUT2D eigenvalue weighted by molar-refractivity contribution is 0.414. The van der Waals surface area contributed by atoms with E-state index in [1.54, 1.807) is 18.4 Å². The monoisotopic (exact) mass is 295 g/mol. The van der Waals surface area contributed by atoms with Gasteiger partial charge in [0.15, 0.2) is 0 Å². The highest BCUT2D eigenvalue weighted by molar-refractivity contribution is 7.16. The summed E-state index contributed by atoms with van der Waals surface area (Å²) in [5.41, 5.74) is 1.25. The van der Waals surface area contributed by atoms with Crippen LogP contribution in [0.15, 0.2) is 36.4 Å². The van der Waals surface area contributed by atoms with E-state index in [-0.39, 0.29) is 12.1 Å². The Morgan fingerprint density at radius 2 is 1.74 bits per heavy atom. The lowest BCUT2D eigenvalue weighted by Gasteiger charge is -2.19. The Labute approximate surface area is 123 Å². The number of rotatable bonds is 5. The van der Waals surface area contributed by atoms with E-state index in [0.29, 0.717) is 0 Å². The summed E-state index contributed by atoms with van der Waals surface area (Å²) in [6.45, 7) is 4.32. The number of halogens is 1. The van der Waals surface area contributed by atoms with Gasteiger partial charge in [-0.15, -0.1) is 11.3 Å². The lowest BCUT2D eigenvalue weighted by atomic mass is 10.1. The summed E-state index contributed by atoms with van der Waals surface area (Å²) in [5.74, 6) is 0.883. The van der Waals surface area contributed by atoms with Crippen molar-refractivity contribution < 1.29 is 4.74 Å². The smallest absolute Gasteiger partial charge is 0.118 e. The zero-order chi connectivity index (χ0) is 13.8. The third-order valence-corrected chi connectivity index (χ3v) is 4.55. The van der Waals surface area contributed by atoms with Crippen LogP contribution in [0.5, 0.6) is 5.75 Å². The number of nitrogens with one attached hydrogen (secondary N) is 1. The molecule has 0 aliphatic heterocycles. The molecule has 0 aliphatic carbocycles. The molecule has 0 aliphatic rings. The molecule has 19 heavy (non-hydrogen) atoms. The molecule has 0 bridgehead atoms. The molecule has 0 fully saturated rings. The van der Waals surface area contributed by atoms with E-state index in [1.807, 2.05) is 18.2 Å². The van der Waals surface area contributed by atoms with Crippen LogP contribution in [0.2, 0.25) is 4.34 Å². The lowest BCUT2D eigenvalue weighted by Crippen LogP contribution is -2.21. The van der Waals surface area contributed by atoms with Gasteiger partial charge in [0.25, 0.3) is 0 Å². The molecule has 1 heterocycles. The van der Waals surface area contributed by atoms with Gasteiger partial charge in [-0.1, -0.05) is 23.7 Å². The van der Waals surface area contributed by atoms with Gasteiger partial charge in [0.2, 0.25) is 0 Å². The van der Waals surface area contributed by atoms with Crippen molar-refractivity contribution in [2.75, 3.05) is 7.11 Å². The van der Waals surface area contributed by atoms with Crippen molar-refractivity contribution in [2.45, 2.75) is 25.9 Å². The van der Waals surface area contributed by atoms with Crippen molar-refractivity contribution in [3.63, 3.8) is 0 Å². The van der Waals surface area contributed by atoms with E-state index >= 15 is 0 Å². The highest BCUT2D eigenvalue weighted by Gasteiger charge is 2.12. The number of methoxy groups -OCH3 is 1. The molecule has 1 N–H and O–H groups in total. The first kappa shape index (κ1) is 14.4. The second-order valence-corrected chi connectivity index (χ2v) is 6.27.